The molecule has 0 saturated heterocycles. The quantitative estimate of drug-likeness (QED) is 0.486. The fourth-order valence-electron chi connectivity index (χ4n) is 2.60. The Labute approximate surface area is 108 Å². The SMILES string of the molecule is Cc1ccc(F)cc1C(CC1=CCCCC1)NN. The molecular weight excluding hydrogens is 227 g/mol. The summed E-state index contributed by atoms with van der Waals surface area (Å²) >= 11 is 0. The number of aryl methyl sites for hydroxylation is 1. The largest absolute Gasteiger partial charge is 0.271 e. The van der Waals surface area contributed by atoms with E-state index in [1.54, 1.807) is 6.07 Å². The van der Waals surface area contributed by atoms with Crippen molar-refractivity contribution in [1.82, 2.24) is 5.43 Å². The Bertz CT molecular complexity index is 440. The smallest absolute Gasteiger partial charge is 0.123 e. The molecule has 0 saturated carbocycles. The first kappa shape index (κ1) is 13.2. The van der Waals surface area contributed by atoms with Crippen LogP contribution in [-0.4, -0.2) is 0 Å². The van der Waals surface area contributed by atoms with Crippen LogP contribution in [0.25, 0.3) is 0 Å². The molecule has 0 heterocycles. The van der Waals surface area contributed by atoms with Gasteiger partial charge in [-0.2, -0.15) is 0 Å². The molecule has 2 rings (SSSR count). The van der Waals surface area contributed by atoms with Gasteiger partial charge in [0.2, 0.25) is 0 Å². The van der Waals surface area contributed by atoms with Gasteiger partial charge in [0.1, 0.15) is 5.82 Å². The van der Waals surface area contributed by atoms with Crippen LogP contribution in [0.2, 0.25) is 0 Å². The van der Waals surface area contributed by atoms with E-state index in [1.165, 1.54) is 24.5 Å². The van der Waals surface area contributed by atoms with E-state index >= 15 is 0 Å². The van der Waals surface area contributed by atoms with Crippen LogP contribution in [0.15, 0.2) is 29.8 Å². The lowest BCUT2D eigenvalue weighted by molar-refractivity contribution is 0.521. The molecule has 2 nitrogen and oxygen atoms in total. The predicted molar refractivity (Wildman–Crippen MR) is 72.4 cm³/mol. The zero-order chi connectivity index (χ0) is 13.0. The summed E-state index contributed by atoms with van der Waals surface area (Å²) in [6.07, 6.45) is 8.03. The van der Waals surface area contributed by atoms with Crippen molar-refractivity contribution in [1.29, 1.82) is 0 Å². The van der Waals surface area contributed by atoms with Crippen molar-refractivity contribution in [2.24, 2.45) is 5.84 Å². The molecule has 3 heteroatoms. The molecule has 0 amide bonds. The summed E-state index contributed by atoms with van der Waals surface area (Å²) in [5.74, 6) is 5.44. The van der Waals surface area contributed by atoms with Gasteiger partial charge in [-0.1, -0.05) is 17.7 Å². The highest BCUT2D eigenvalue weighted by molar-refractivity contribution is 5.30. The first-order valence-electron chi connectivity index (χ1n) is 6.61. The highest BCUT2D eigenvalue weighted by Gasteiger charge is 2.16. The van der Waals surface area contributed by atoms with Crippen molar-refractivity contribution in [3.05, 3.63) is 46.8 Å². The summed E-state index contributed by atoms with van der Waals surface area (Å²) in [5.41, 5.74) is 6.31. The van der Waals surface area contributed by atoms with Crippen molar-refractivity contribution in [3.8, 4) is 0 Å². The first-order chi connectivity index (χ1) is 8.70. The fraction of sp³-hybridized carbons (Fsp3) is 0.467. The molecule has 1 atom stereocenters. The van der Waals surface area contributed by atoms with Crippen molar-refractivity contribution < 1.29 is 4.39 Å². The number of hydrazine groups is 1. The summed E-state index contributed by atoms with van der Waals surface area (Å²) < 4.78 is 13.3. The van der Waals surface area contributed by atoms with Crippen LogP contribution in [0, 0.1) is 12.7 Å². The highest BCUT2D eigenvalue weighted by Crippen LogP contribution is 2.29. The molecule has 1 aromatic rings. The van der Waals surface area contributed by atoms with E-state index < -0.39 is 0 Å². The van der Waals surface area contributed by atoms with Gasteiger partial charge >= 0.3 is 0 Å². The van der Waals surface area contributed by atoms with Crippen molar-refractivity contribution >= 4 is 0 Å². The molecule has 1 aliphatic carbocycles. The third-order valence-electron chi connectivity index (χ3n) is 3.67. The lowest BCUT2D eigenvalue weighted by atomic mass is 9.90. The van der Waals surface area contributed by atoms with Gasteiger partial charge in [0.25, 0.3) is 0 Å². The van der Waals surface area contributed by atoms with Crippen LogP contribution in [0.3, 0.4) is 0 Å². The summed E-state index contributed by atoms with van der Waals surface area (Å²) in [5, 5.41) is 0. The molecule has 0 spiro atoms. The van der Waals surface area contributed by atoms with E-state index in [-0.39, 0.29) is 11.9 Å². The third kappa shape index (κ3) is 3.18. The van der Waals surface area contributed by atoms with Gasteiger partial charge < -0.3 is 0 Å². The second kappa shape index (κ2) is 6.12. The Hall–Kier alpha value is -1.19. The van der Waals surface area contributed by atoms with E-state index in [0.29, 0.717) is 0 Å². The number of benzene rings is 1. The van der Waals surface area contributed by atoms with E-state index in [9.17, 15) is 4.39 Å². The molecule has 1 aromatic carbocycles. The number of nitrogens with one attached hydrogen (secondary N) is 1. The number of hydrogen-bond donors (Lipinski definition) is 2. The van der Waals surface area contributed by atoms with Gasteiger partial charge in [0.05, 0.1) is 6.04 Å². The van der Waals surface area contributed by atoms with Crippen molar-refractivity contribution in [2.75, 3.05) is 0 Å². The molecule has 18 heavy (non-hydrogen) atoms. The average molecular weight is 248 g/mol. The van der Waals surface area contributed by atoms with E-state index in [0.717, 1.165) is 30.4 Å². The number of hydrogen-bond acceptors (Lipinski definition) is 2. The molecule has 0 aromatic heterocycles. The Morgan fingerprint density at radius 2 is 2.22 bits per heavy atom. The van der Waals surface area contributed by atoms with E-state index in [4.69, 9.17) is 5.84 Å². The van der Waals surface area contributed by atoms with Gasteiger partial charge in [0.15, 0.2) is 0 Å². The Kier molecular flexibility index (Phi) is 4.50. The molecular formula is C15H21FN2. The number of rotatable bonds is 4. The summed E-state index contributed by atoms with van der Waals surface area (Å²) in [7, 11) is 0. The van der Waals surface area contributed by atoms with Crippen LogP contribution in [0.1, 0.15) is 49.3 Å². The zero-order valence-electron chi connectivity index (χ0n) is 10.9. The average Bonchev–Trinajstić information content (AvgIpc) is 2.40. The standard InChI is InChI=1S/C15H21FN2/c1-11-7-8-13(16)10-14(11)15(18-17)9-12-5-3-2-4-6-12/h5,7-8,10,15,18H,2-4,6,9,17H2,1H3. The van der Waals surface area contributed by atoms with Gasteiger partial charge in [-0.25, -0.2) is 4.39 Å². The fourth-order valence-corrected chi connectivity index (χ4v) is 2.60. The van der Waals surface area contributed by atoms with Gasteiger partial charge in [-0.05, 0) is 62.3 Å². The molecule has 0 bridgehead atoms. The normalized spacial score (nSPS) is 17.4. The molecule has 1 unspecified atom stereocenters. The Morgan fingerprint density at radius 3 is 2.89 bits per heavy atom. The minimum atomic E-state index is -0.200. The lowest BCUT2D eigenvalue weighted by Crippen LogP contribution is -2.29. The second-order valence-corrected chi connectivity index (χ2v) is 5.03. The Morgan fingerprint density at radius 1 is 1.39 bits per heavy atom. The first-order valence-corrected chi connectivity index (χ1v) is 6.61. The molecule has 0 fully saturated rings. The number of halogens is 1. The molecule has 1 aliphatic rings. The summed E-state index contributed by atoms with van der Waals surface area (Å²) in [4.78, 5) is 0. The van der Waals surface area contributed by atoms with Crippen LogP contribution < -0.4 is 11.3 Å². The molecule has 3 N–H and O–H groups in total. The maximum absolute atomic E-state index is 13.3. The van der Waals surface area contributed by atoms with Crippen LogP contribution in [0.4, 0.5) is 4.39 Å². The number of nitrogens with two attached hydrogens (primary N) is 1. The summed E-state index contributed by atoms with van der Waals surface area (Å²) in [6, 6.07) is 4.89. The van der Waals surface area contributed by atoms with Gasteiger partial charge in [0, 0.05) is 0 Å². The minimum Gasteiger partial charge on any atom is -0.271 e. The van der Waals surface area contributed by atoms with Crippen LogP contribution >= 0.6 is 0 Å². The van der Waals surface area contributed by atoms with Crippen LogP contribution in [0.5, 0.6) is 0 Å². The zero-order valence-corrected chi connectivity index (χ0v) is 10.9. The van der Waals surface area contributed by atoms with Gasteiger partial charge in [-0.15, -0.1) is 0 Å². The number of allylic oxidation sites excluding steroid dienone is 1. The molecule has 0 radical (unpaired) electrons. The van der Waals surface area contributed by atoms with E-state index in [1.807, 2.05) is 13.0 Å². The van der Waals surface area contributed by atoms with Crippen LogP contribution in [-0.2, 0) is 0 Å². The monoisotopic (exact) mass is 248 g/mol. The minimum absolute atomic E-state index is 0.00468. The highest BCUT2D eigenvalue weighted by atomic mass is 19.1. The Balaban J connectivity index is 2.17. The topological polar surface area (TPSA) is 38.0 Å². The maximum atomic E-state index is 13.3. The summed E-state index contributed by atoms with van der Waals surface area (Å²) in [6.45, 7) is 1.99. The van der Waals surface area contributed by atoms with E-state index in [2.05, 4.69) is 11.5 Å². The lowest BCUT2D eigenvalue weighted by Gasteiger charge is -2.22. The maximum Gasteiger partial charge on any atom is 0.123 e. The third-order valence-corrected chi connectivity index (χ3v) is 3.67. The van der Waals surface area contributed by atoms with Crippen molar-refractivity contribution in [3.63, 3.8) is 0 Å². The molecule has 98 valence electrons. The van der Waals surface area contributed by atoms with Crippen molar-refractivity contribution in [2.45, 2.75) is 45.1 Å². The second-order valence-electron chi connectivity index (χ2n) is 5.03. The molecule has 0 aliphatic heterocycles. The predicted octanol–water partition coefficient (Wildman–Crippen LogP) is 3.53. The van der Waals surface area contributed by atoms with Gasteiger partial charge in [-0.3, -0.25) is 11.3 Å².